The molecule has 1 unspecified atom stereocenters. The number of hydrogen-bond donors (Lipinski definition) is 1. The summed E-state index contributed by atoms with van der Waals surface area (Å²) in [6, 6.07) is 3.57. The second-order valence-corrected chi connectivity index (χ2v) is 9.18. The predicted octanol–water partition coefficient (Wildman–Crippen LogP) is 1.38. The highest BCUT2D eigenvalue weighted by molar-refractivity contribution is 8.00. The number of hydrogen-bond acceptors (Lipinski definition) is 5. The third-order valence-electron chi connectivity index (χ3n) is 2.83. The summed E-state index contributed by atoms with van der Waals surface area (Å²) in [7, 11) is -3.29. The first-order chi connectivity index (χ1) is 8.54. The molecule has 1 atom stereocenters. The Morgan fingerprint density at radius 2 is 2.28 bits per heavy atom. The minimum Gasteiger partial charge on any atom is -0.330 e. The maximum atomic E-state index is 12.4. The zero-order valence-corrected chi connectivity index (χ0v) is 12.8. The van der Waals surface area contributed by atoms with Crippen LogP contribution in [0.5, 0.6) is 0 Å². The number of thiophene rings is 1. The van der Waals surface area contributed by atoms with Crippen LogP contribution in [0.2, 0.25) is 0 Å². The van der Waals surface area contributed by atoms with E-state index in [4.69, 9.17) is 5.73 Å². The third kappa shape index (κ3) is 3.08. The molecule has 102 valence electrons. The van der Waals surface area contributed by atoms with E-state index in [1.54, 1.807) is 10.4 Å². The molecule has 2 N–H and O–H groups in total. The summed E-state index contributed by atoms with van der Waals surface area (Å²) in [6.45, 7) is 3.84. The van der Waals surface area contributed by atoms with Crippen LogP contribution in [0.25, 0.3) is 0 Å². The predicted molar refractivity (Wildman–Crippen MR) is 77.8 cm³/mol. The lowest BCUT2D eigenvalue weighted by Crippen LogP contribution is -2.40. The largest absolute Gasteiger partial charge is 0.330 e. The van der Waals surface area contributed by atoms with Gasteiger partial charge in [-0.25, -0.2) is 8.42 Å². The van der Waals surface area contributed by atoms with Gasteiger partial charge >= 0.3 is 0 Å². The summed E-state index contributed by atoms with van der Waals surface area (Å²) >= 11 is 3.17. The molecule has 0 amide bonds. The normalized spacial score (nSPS) is 22.2. The van der Waals surface area contributed by atoms with Gasteiger partial charge in [-0.3, -0.25) is 0 Å². The molecule has 0 saturated carbocycles. The van der Waals surface area contributed by atoms with Crippen LogP contribution in [0, 0.1) is 0 Å². The van der Waals surface area contributed by atoms with Gasteiger partial charge in [0, 0.05) is 29.0 Å². The minimum atomic E-state index is -3.29. The van der Waals surface area contributed by atoms with Crippen molar-refractivity contribution in [3.63, 3.8) is 0 Å². The van der Waals surface area contributed by atoms with Crippen molar-refractivity contribution < 1.29 is 8.42 Å². The fourth-order valence-electron chi connectivity index (χ4n) is 1.91. The number of nitrogens with two attached hydrogens (primary N) is 1. The Hall–Kier alpha value is -0.0800. The van der Waals surface area contributed by atoms with Crippen LogP contribution >= 0.6 is 23.1 Å². The van der Waals surface area contributed by atoms with Crippen LogP contribution in [0.15, 0.2) is 16.3 Å². The molecule has 1 fully saturated rings. The molecule has 0 aromatic carbocycles. The maximum Gasteiger partial charge on any atom is 0.252 e. The Balaban J connectivity index is 2.18. The van der Waals surface area contributed by atoms with E-state index in [1.165, 1.54) is 11.3 Å². The van der Waals surface area contributed by atoms with E-state index in [9.17, 15) is 8.42 Å². The number of thioether (sulfide) groups is 1. The van der Waals surface area contributed by atoms with Crippen LogP contribution in [0.4, 0.5) is 0 Å². The van der Waals surface area contributed by atoms with Crippen LogP contribution in [0.3, 0.4) is 0 Å². The van der Waals surface area contributed by atoms with Gasteiger partial charge in [0.05, 0.1) is 0 Å². The van der Waals surface area contributed by atoms with Gasteiger partial charge in [0.1, 0.15) is 4.21 Å². The zero-order chi connectivity index (χ0) is 13.2. The average molecular weight is 306 g/mol. The van der Waals surface area contributed by atoms with Gasteiger partial charge in [-0.15, -0.1) is 11.3 Å². The minimum absolute atomic E-state index is 0.372. The first-order valence-electron chi connectivity index (χ1n) is 5.94. The molecular formula is C11H18N2O2S3. The number of sulfonamides is 1. The lowest BCUT2D eigenvalue weighted by molar-refractivity contribution is 0.425. The molecule has 1 aliphatic rings. The summed E-state index contributed by atoms with van der Waals surface area (Å²) in [5.74, 6) is 0.876. The molecule has 1 saturated heterocycles. The van der Waals surface area contributed by atoms with Crippen molar-refractivity contribution in [2.24, 2.45) is 5.73 Å². The molecule has 2 heterocycles. The third-order valence-corrected chi connectivity index (χ3v) is 7.44. The highest BCUT2D eigenvalue weighted by Gasteiger charge is 2.29. The van der Waals surface area contributed by atoms with E-state index in [1.807, 2.05) is 17.8 Å². The molecule has 1 aromatic heterocycles. The van der Waals surface area contributed by atoms with Gasteiger partial charge < -0.3 is 5.73 Å². The lowest BCUT2D eigenvalue weighted by atomic mass is 10.3. The van der Waals surface area contributed by atoms with Crippen LogP contribution in [-0.2, 0) is 16.4 Å². The van der Waals surface area contributed by atoms with Crippen molar-refractivity contribution in [2.75, 3.05) is 25.4 Å². The summed E-state index contributed by atoms with van der Waals surface area (Å²) < 4.78 is 26.9. The molecule has 0 radical (unpaired) electrons. The van der Waals surface area contributed by atoms with Gasteiger partial charge in [0.15, 0.2) is 0 Å². The van der Waals surface area contributed by atoms with Crippen molar-refractivity contribution in [2.45, 2.75) is 22.8 Å². The smallest absolute Gasteiger partial charge is 0.252 e. The highest BCUT2D eigenvalue weighted by Crippen LogP contribution is 2.28. The quantitative estimate of drug-likeness (QED) is 0.913. The second-order valence-electron chi connectivity index (χ2n) is 4.30. The lowest BCUT2D eigenvalue weighted by Gasteiger charge is -2.29. The van der Waals surface area contributed by atoms with E-state index in [-0.39, 0.29) is 0 Å². The number of rotatable bonds is 4. The maximum absolute atomic E-state index is 12.4. The van der Waals surface area contributed by atoms with Crippen LogP contribution in [0.1, 0.15) is 11.8 Å². The Bertz CT molecular complexity index is 498. The Morgan fingerprint density at radius 1 is 1.50 bits per heavy atom. The fraction of sp³-hybridized carbons (Fsp3) is 0.636. The molecule has 1 aliphatic heterocycles. The van der Waals surface area contributed by atoms with Gasteiger partial charge in [-0.1, -0.05) is 6.92 Å². The molecule has 7 heteroatoms. The fourth-order valence-corrected chi connectivity index (χ4v) is 6.18. The molecule has 2 rings (SSSR count). The summed E-state index contributed by atoms with van der Waals surface area (Å²) in [5, 5.41) is 0.372. The Kier molecular flexibility index (Phi) is 4.71. The summed E-state index contributed by atoms with van der Waals surface area (Å²) in [4.78, 5) is 1.04. The molecular weight excluding hydrogens is 288 g/mol. The number of nitrogens with zero attached hydrogens (tertiary/aromatic N) is 1. The van der Waals surface area contributed by atoms with Crippen molar-refractivity contribution in [1.82, 2.24) is 4.31 Å². The summed E-state index contributed by atoms with van der Waals surface area (Å²) in [5.41, 5.74) is 5.48. The van der Waals surface area contributed by atoms with Gasteiger partial charge in [-0.05, 0) is 25.1 Å². The van der Waals surface area contributed by atoms with Gasteiger partial charge in [0.25, 0.3) is 10.0 Å². The van der Waals surface area contributed by atoms with Crippen LogP contribution in [-0.4, -0.2) is 43.4 Å². The van der Waals surface area contributed by atoms with Crippen molar-refractivity contribution in [3.8, 4) is 0 Å². The molecule has 0 bridgehead atoms. The average Bonchev–Trinajstić information content (AvgIpc) is 2.79. The first-order valence-corrected chi connectivity index (χ1v) is 9.25. The molecule has 0 aliphatic carbocycles. The monoisotopic (exact) mass is 306 g/mol. The van der Waals surface area contributed by atoms with Crippen molar-refractivity contribution >= 4 is 33.1 Å². The molecule has 1 aromatic rings. The van der Waals surface area contributed by atoms with E-state index < -0.39 is 10.0 Å². The van der Waals surface area contributed by atoms with Gasteiger partial charge in [0.2, 0.25) is 0 Å². The van der Waals surface area contributed by atoms with Crippen LogP contribution < -0.4 is 5.73 Å². The first kappa shape index (κ1) is 14.3. The van der Waals surface area contributed by atoms with Gasteiger partial charge in [-0.2, -0.15) is 16.1 Å². The second kappa shape index (κ2) is 5.92. The van der Waals surface area contributed by atoms with E-state index in [0.717, 1.165) is 17.1 Å². The van der Waals surface area contributed by atoms with Crippen molar-refractivity contribution in [1.29, 1.82) is 0 Å². The summed E-state index contributed by atoms with van der Waals surface area (Å²) in [6.07, 6.45) is 0.743. The highest BCUT2D eigenvalue weighted by atomic mass is 32.2. The van der Waals surface area contributed by atoms with Crippen molar-refractivity contribution in [3.05, 3.63) is 17.0 Å². The van der Waals surface area contributed by atoms with E-state index >= 15 is 0 Å². The molecule has 4 nitrogen and oxygen atoms in total. The molecule has 18 heavy (non-hydrogen) atoms. The Morgan fingerprint density at radius 3 is 2.94 bits per heavy atom. The zero-order valence-electron chi connectivity index (χ0n) is 10.3. The molecule has 0 spiro atoms. The SMILES string of the molecule is CC1CN(S(=O)(=O)c2ccc(CCN)s2)CCS1. The topological polar surface area (TPSA) is 63.4 Å². The van der Waals surface area contributed by atoms with E-state index in [0.29, 0.717) is 29.1 Å². The standard InChI is InChI=1S/C11H18N2O2S3/c1-9-8-13(6-7-16-9)18(14,15)11-3-2-10(17-11)4-5-12/h2-3,9H,4-8,12H2,1H3. The van der Waals surface area contributed by atoms with E-state index in [2.05, 4.69) is 6.92 Å². The Labute approximate surface area is 117 Å².